The number of rotatable bonds is 6. The quantitative estimate of drug-likeness (QED) is 0.705. The SMILES string of the molecule is CC(C)C#CCN(C)C1CCN(C(=O)C(c2ccccc2)c2ccccc2)C(C(=O)O)C1. The highest BCUT2D eigenvalue weighted by atomic mass is 16.4. The molecule has 0 saturated carbocycles. The number of carbonyl (C=O) groups excluding carboxylic acids is 1. The minimum atomic E-state index is -0.954. The van der Waals surface area contributed by atoms with Crippen LogP contribution in [0.15, 0.2) is 60.7 Å². The van der Waals surface area contributed by atoms with Gasteiger partial charge in [0.15, 0.2) is 0 Å². The molecule has 0 aliphatic carbocycles. The van der Waals surface area contributed by atoms with Crippen molar-refractivity contribution in [3.05, 3.63) is 71.8 Å². The molecule has 1 N–H and O–H groups in total. The highest BCUT2D eigenvalue weighted by molar-refractivity contribution is 5.91. The third-order valence-electron chi connectivity index (χ3n) is 6.00. The molecule has 1 aliphatic heterocycles. The van der Waals surface area contributed by atoms with Gasteiger partial charge in [-0.05, 0) is 31.0 Å². The van der Waals surface area contributed by atoms with Crippen molar-refractivity contribution in [2.45, 2.75) is 44.7 Å². The van der Waals surface area contributed by atoms with Crippen LogP contribution in [0.3, 0.4) is 0 Å². The molecule has 0 radical (unpaired) electrons. The molecule has 32 heavy (non-hydrogen) atoms. The second-order valence-electron chi connectivity index (χ2n) is 8.71. The van der Waals surface area contributed by atoms with Gasteiger partial charge in [0.05, 0.1) is 12.5 Å². The molecule has 1 saturated heterocycles. The van der Waals surface area contributed by atoms with Crippen LogP contribution in [0.1, 0.15) is 43.7 Å². The van der Waals surface area contributed by atoms with Crippen LogP contribution in [0.25, 0.3) is 0 Å². The van der Waals surface area contributed by atoms with Crippen molar-refractivity contribution in [3.63, 3.8) is 0 Å². The van der Waals surface area contributed by atoms with E-state index >= 15 is 0 Å². The van der Waals surface area contributed by atoms with Crippen molar-refractivity contribution in [1.29, 1.82) is 0 Å². The number of carbonyl (C=O) groups is 2. The Labute approximate surface area is 191 Å². The van der Waals surface area contributed by atoms with Crippen molar-refractivity contribution in [2.75, 3.05) is 20.1 Å². The predicted octanol–water partition coefficient (Wildman–Crippen LogP) is 3.85. The molecule has 1 heterocycles. The Morgan fingerprint density at radius 2 is 1.62 bits per heavy atom. The maximum absolute atomic E-state index is 13.8. The van der Waals surface area contributed by atoms with E-state index in [-0.39, 0.29) is 11.9 Å². The van der Waals surface area contributed by atoms with E-state index < -0.39 is 17.9 Å². The summed E-state index contributed by atoms with van der Waals surface area (Å²) in [6.45, 7) is 5.11. The maximum atomic E-state index is 13.8. The summed E-state index contributed by atoms with van der Waals surface area (Å²) in [5.41, 5.74) is 1.74. The fourth-order valence-corrected chi connectivity index (χ4v) is 4.28. The number of likely N-dealkylation sites (tertiary alicyclic amines) is 1. The summed E-state index contributed by atoms with van der Waals surface area (Å²) in [5, 5.41) is 9.99. The van der Waals surface area contributed by atoms with E-state index in [1.807, 2.05) is 81.6 Å². The van der Waals surface area contributed by atoms with Crippen LogP contribution in [0.5, 0.6) is 0 Å². The molecule has 5 nitrogen and oxygen atoms in total. The number of hydrogen-bond acceptors (Lipinski definition) is 3. The topological polar surface area (TPSA) is 60.9 Å². The molecule has 0 spiro atoms. The third-order valence-corrected chi connectivity index (χ3v) is 6.00. The number of piperidine rings is 1. The zero-order valence-corrected chi connectivity index (χ0v) is 19.1. The van der Waals surface area contributed by atoms with Crippen LogP contribution in [0.4, 0.5) is 0 Å². The zero-order chi connectivity index (χ0) is 23.1. The number of nitrogens with zero attached hydrogens (tertiary/aromatic N) is 2. The summed E-state index contributed by atoms with van der Waals surface area (Å²) in [6.07, 6.45) is 1.13. The van der Waals surface area contributed by atoms with Gasteiger partial charge in [0.1, 0.15) is 6.04 Å². The van der Waals surface area contributed by atoms with Gasteiger partial charge in [-0.1, -0.05) is 86.4 Å². The molecule has 1 fully saturated rings. The number of hydrogen-bond donors (Lipinski definition) is 1. The molecule has 1 amide bonds. The second kappa shape index (κ2) is 11.0. The van der Waals surface area contributed by atoms with Crippen LogP contribution in [0.2, 0.25) is 0 Å². The Morgan fingerprint density at radius 1 is 1.06 bits per heavy atom. The lowest BCUT2D eigenvalue weighted by Gasteiger charge is -2.41. The van der Waals surface area contributed by atoms with Gasteiger partial charge in [0.25, 0.3) is 0 Å². The van der Waals surface area contributed by atoms with Crippen LogP contribution >= 0.6 is 0 Å². The molecule has 5 heteroatoms. The highest BCUT2D eigenvalue weighted by Gasteiger charge is 2.40. The summed E-state index contributed by atoms with van der Waals surface area (Å²) >= 11 is 0. The zero-order valence-electron chi connectivity index (χ0n) is 19.1. The summed E-state index contributed by atoms with van der Waals surface area (Å²) in [7, 11) is 1.98. The third kappa shape index (κ3) is 5.77. The van der Waals surface area contributed by atoms with E-state index in [4.69, 9.17) is 0 Å². The van der Waals surface area contributed by atoms with E-state index in [2.05, 4.69) is 16.7 Å². The molecule has 2 aromatic rings. The molecular formula is C27H32N2O3. The Morgan fingerprint density at radius 3 is 2.12 bits per heavy atom. The van der Waals surface area contributed by atoms with Crippen LogP contribution in [-0.4, -0.2) is 59.0 Å². The molecule has 168 valence electrons. The van der Waals surface area contributed by atoms with E-state index in [0.29, 0.717) is 25.4 Å². The fraction of sp³-hybridized carbons (Fsp3) is 0.407. The van der Waals surface area contributed by atoms with Crippen LogP contribution in [-0.2, 0) is 9.59 Å². The van der Waals surface area contributed by atoms with E-state index in [1.165, 1.54) is 0 Å². The van der Waals surface area contributed by atoms with Gasteiger partial charge in [-0.3, -0.25) is 9.69 Å². The van der Waals surface area contributed by atoms with Crippen molar-refractivity contribution in [2.24, 2.45) is 5.92 Å². The summed E-state index contributed by atoms with van der Waals surface area (Å²) < 4.78 is 0. The molecular weight excluding hydrogens is 400 g/mol. The molecule has 0 aromatic heterocycles. The summed E-state index contributed by atoms with van der Waals surface area (Å²) in [4.78, 5) is 29.6. The number of carboxylic acid groups (broad SMARTS) is 1. The first-order valence-corrected chi connectivity index (χ1v) is 11.2. The summed E-state index contributed by atoms with van der Waals surface area (Å²) in [6, 6.07) is 18.4. The first-order valence-electron chi connectivity index (χ1n) is 11.2. The van der Waals surface area contributed by atoms with Gasteiger partial charge in [-0.15, -0.1) is 0 Å². The van der Waals surface area contributed by atoms with E-state index in [9.17, 15) is 14.7 Å². The Bertz CT molecular complexity index is 923. The van der Waals surface area contributed by atoms with Gasteiger partial charge < -0.3 is 10.0 Å². The molecule has 2 atom stereocenters. The normalized spacial score (nSPS) is 18.5. The number of aliphatic carboxylic acids is 1. The number of carboxylic acids is 1. The Hall–Kier alpha value is -3.10. The lowest BCUT2D eigenvalue weighted by molar-refractivity contribution is -0.153. The molecule has 2 unspecified atom stereocenters. The number of benzene rings is 2. The van der Waals surface area contributed by atoms with Crippen molar-refractivity contribution < 1.29 is 14.7 Å². The average molecular weight is 433 g/mol. The average Bonchev–Trinajstić information content (AvgIpc) is 2.80. The van der Waals surface area contributed by atoms with Crippen molar-refractivity contribution >= 4 is 11.9 Å². The Kier molecular flexibility index (Phi) is 8.08. The highest BCUT2D eigenvalue weighted by Crippen LogP contribution is 2.31. The number of amides is 1. The first kappa shape index (κ1) is 23.6. The molecule has 3 rings (SSSR count). The largest absolute Gasteiger partial charge is 0.480 e. The standard InChI is InChI=1S/C27H32N2O3/c1-20(2)11-10-17-28(3)23-16-18-29(24(19-23)27(31)32)26(30)25(21-12-6-4-7-13-21)22-14-8-5-9-15-22/h4-9,12-15,20,23-25H,16-19H2,1-3H3,(H,31,32). The monoisotopic (exact) mass is 432 g/mol. The van der Waals surface area contributed by atoms with Gasteiger partial charge in [0.2, 0.25) is 5.91 Å². The molecule has 2 aromatic carbocycles. The molecule has 0 bridgehead atoms. The first-order chi connectivity index (χ1) is 15.4. The minimum absolute atomic E-state index is 0.0773. The minimum Gasteiger partial charge on any atom is -0.480 e. The van der Waals surface area contributed by atoms with Gasteiger partial charge in [0, 0.05) is 18.5 Å². The van der Waals surface area contributed by atoms with Gasteiger partial charge in [-0.25, -0.2) is 4.79 Å². The van der Waals surface area contributed by atoms with Crippen molar-refractivity contribution in [3.8, 4) is 11.8 Å². The molecule has 1 aliphatic rings. The van der Waals surface area contributed by atoms with Crippen LogP contribution < -0.4 is 0 Å². The van der Waals surface area contributed by atoms with Gasteiger partial charge >= 0.3 is 5.97 Å². The smallest absolute Gasteiger partial charge is 0.326 e. The van der Waals surface area contributed by atoms with Crippen molar-refractivity contribution in [1.82, 2.24) is 9.80 Å². The van der Waals surface area contributed by atoms with E-state index in [0.717, 1.165) is 17.5 Å². The van der Waals surface area contributed by atoms with E-state index in [1.54, 1.807) is 4.90 Å². The lowest BCUT2D eigenvalue weighted by Crippen LogP contribution is -2.55. The lowest BCUT2D eigenvalue weighted by atomic mass is 9.87. The second-order valence-corrected chi connectivity index (χ2v) is 8.71. The van der Waals surface area contributed by atoms with Crippen LogP contribution in [0, 0.1) is 17.8 Å². The Balaban J connectivity index is 1.83. The maximum Gasteiger partial charge on any atom is 0.326 e. The predicted molar refractivity (Wildman–Crippen MR) is 126 cm³/mol. The fourth-order valence-electron chi connectivity index (χ4n) is 4.28. The van der Waals surface area contributed by atoms with Gasteiger partial charge in [-0.2, -0.15) is 0 Å². The summed E-state index contributed by atoms with van der Waals surface area (Å²) in [5.74, 6) is 5.00.